The highest BCUT2D eigenvalue weighted by Gasteiger charge is 2.63. The average molecular weight is 360 g/mol. The predicted molar refractivity (Wildman–Crippen MR) is 104 cm³/mol. The van der Waals surface area contributed by atoms with E-state index in [-0.39, 0.29) is 17.9 Å². The van der Waals surface area contributed by atoms with Gasteiger partial charge in [0.25, 0.3) is 0 Å². The van der Waals surface area contributed by atoms with Crippen LogP contribution in [0.3, 0.4) is 0 Å². The van der Waals surface area contributed by atoms with Crippen LogP contribution < -0.4 is 0 Å². The molecule has 1 saturated heterocycles. The van der Waals surface area contributed by atoms with Crippen molar-refractivity contribution in [2.75, 3.05) is 6.54 Å². The molecule has 0 aliphatic carbocycles. The lowest BCUT2D eigenvalue weighted by Crippen LogP contribution is -2.47. The molecule has 1 aromatic carbocycles. The molecule has 2 rings (SSSR count). The fraction of sp³-hybridized carbons (Fsp3) is 0.636. The molecule has 26 heavy (non-hydrogen) atoms. The molecule has 2 unspecified atom stereocenters. The Morgan fingerprint density at radius 3 is 2.31 bits per heavy atom. The lowest BCUT2D eigenvalue weighted by atomic mass is 9.66. The van der Waals surface area contributed by atoms with Gasteiger partial charge in [0.1, 0.15) is 5.60 Å². The standard InChI is InChI=1S/C22H33NO3/c1-8-20(4,5)26-19(25)22(7)15-23(18(24)21(22,6)9-2)16(3)17-13-11-10-12-14-17/h10-14,16H,8-9,15H2,1-7H3/t16?,21?,22-/m0/s1. The van der Waals surface area contributed by atoms with Crippen molar-refractivity contribution < 1.29 is 14.3 Å². The summed E-state index contributed by atoms with van der Waals surface area (Å²) in [4.78, 5) is 28.4. The van der Waals surface area contributed by atoms with E-state index in [1.807, 2.05) is 83.7 Å². The molecule has 0 bridgehead atoms. The second-order valence-corrected chi connectivity index (χ2v) is 8.54. The van der Waals surface area contributed by atoms with Gasteiger partial charge in [-0.2, -0.15) is 0 Å². The van der Waals surface area contributed by atoms with Gasteiger partial charge in [-0.1, -0.05) is 44.2 Å². The van der Waals surface area contributed by atoms with Crippen LogP contribution in [0.5, 0.6) is 0 Å². The Kier molecular flexibility index (Phi) is 5.55. The molecule has 4 heteroatoms. The molecule has 1 amide bonds. The van der Waals surface area contributed by atoms with Gasteiger partial charge in [-0.05, 0) is 53.0 Å². The smallest absolute Gasteiger partial charge is 0.315 e. The fourth-order valence-corrected chi connectivity index (χ4v) is 3.63. The zero-order chi connectivity index (χ0) is 19.8. The molecule has 1 aliphatic rings. The van der Waals surface area contributed by atoms with E-state index in [4.69, 9.17) is 4.74 Å². The molecule has 1 aliphatic heterocycles. The summed E-state index contributed by atoms with van der Waals surface area (Å²) in [5, 5.41) is 0. The number of carbonyl (C=O) groups is 2. The maximum Gasteiger partial charge on any atom is 0.315 e. The van der Waals surface area contributed by atoms with Crippen LogP contribution in [0.25, 0.3) is 0 Å². The van der Waals surface area contributed by atoms with Gasteiger partial charge in [0.15, 0.2) is 0 Å². The van der Waals surface area contributed by atoms with Gasteiger partial charge in [-0.25, -0.2) is 0 Å². The van der Waals surface area contributed by atoms with Gasteiger partial charge in [0.05, 0.1) is 16.9 Å². The van der Waals surface area contributed by atoms with E-state index in [1.165, 1.54) is 0 Å². The van der Waals surface area contributed by atoms with Crippen molar-refractivity contribution in [2.24, 2.45) is 10.8 Å². The third kappa shape index (κ3) is 3.26. The molecule has 1 fully saturated rings. The van der Waals surface area contributed by atoms with E-state index in [1.54, 1.807) is 0 Å². The van der Waals surface area contributed by atoms with Gasteiger partial charge < -0.3 is 9.64 Å². The molecule has 0 aromatic heterocycles. The Morgan fingerprint density at radius 2 is 1.81 bits per heavy atom. The van der Waals surface area contributed by atoms with Crippen molar-refractivity contribution in [1.29, 1.82) is 0 Å². The summed E-state index contributed by atoms with van der Waals surface area (Å²) in [5.41, 5.74) is -1.09. The first-order chi connectivity index (χ1) is 12.0. The van der Waals surface area contributed by atoms with Gasteiger partial charge in [-0.15, -0.1) is 0 Å². The summed E-state index contributed by atoms with van der Waals surface area (Å²) >= 11 is 0. The second-order valence-electron chi connectivity index (χ2n) is 8.54. The van der Waals surface area contributed by atoms with E-state index in [9.17, 15) is 9.59 Å². The van der Waals surface area contributed by atoms with Gasteiger partial charge >= 0.3 is 5.97 Å². The van der Waals surface area contributed by atoms with Crippen LogP contribution in [0.4, 0.5) is 0 Å². The predicted octanol–water partition coefficient (Wildman–Crippen LogP) is 4.74. The zero-order valence-corrected chi connectivity index (χ0v) is 17.3. The summed E-state index contributed by atoms with van der Waals surface area (Å²) in [6.07, 6.45) is 1.33. The van der Waals surface area contributed by atoms with Crippen LogP contribution in [-0.2, 0) is 14.3 Å². The minimum atomic E-state index is -0.867. The zero-order valence-electron chi connectivity index (χ0n) is 17.3. The van der Waals surface area contributed by atoms with Crippen LogP contribution in [0.15, 0.2) is 30.3 Å². The van der Waals surface area contributed by atoms with Crippen molar-refractivity contribution >= 4 is 11.9 Å². The molecular formula is C22H33NO3. The van der Waals surface area contributed by atoms with Crippen LogP contribution in [0, 0.1) is 10.8 Å². The first kappa shape index (κ1) is 20.5. The number of amides is 1. The highest BCUT2D eigenvalue weighted by Crippen LogP contribution is 2.52. The summed E-state index contributed by atoms with van der Waals surface area (Å²) in [6.45, 7) is 14.0. The Labute approximate surface area is 157 Å². The molecule has 0 radical (unpaired) electrons. The number of esters is 1. The van der Waals surface area contributed by atoms with Crippen molar-refractivity contribution in [3.63, 3.8) is 0 Å². The molecule has 3 atom stereocenters. The van der Waals surface area contributed by atoms with Gasteiger partial charge in [-0.3, -0.25) is 9.59 Å². The number of ether oxygens (including phenoxy) is 1. The summed E-state index contributed by atoms with van der Waals surface area (Å²) < 4.78 is 5.84. The molecule has 0 spiro atoms. The monoisotopic (exact) mass is 359 g/mol. The molecule has 144 valence electrons. The van der Waals surface area contributed by atoms with Crippen molar-refractivity contribution in [2.45, 2.75) is 73.0 Å². The van der Waals surface area contributed by atoms with Crippen LogP contribution in [0.2, 0.25) is 0 Å². The van der Waals surface area contributed by atoms with Crippen molar-refractivity contribution in [1.82, 2.24) is 4.90 Å². The molecule has 1 aromatic rings. The average Bonchev–Trinajstić information content (AvgIpc) is 2.84. The maximum atomic E-state index is 13.3. The number of nitrogens with zero attached hydrogens (tertiary/aromatic N) is 1. The largest absolute Gasteiger partial charge is 0.459 e. The lowest BCUT2D eigenvalue weighted by Gasteiger charge is -2.37. The van der Waals surface area contributed by atoms with E-state index in [0.29, 0.717) is 13.0 Å². The Hall–Kier alpha value is -1.84. The normalized spacial score (nSPS) is 27.5. The number of benzene rings is 1. The number of likely N-dealkylation sites (tertiary alicyclic amines) is 1. The number of carbonyl (C=O) groups excluding carboxylic acids is 2. The minimum absolute atomic E-state index is 0.0325. The third-order valence-electron chi connectivity index (χ3n) is 6.56. The van der Waals surface area contributed by atoms with Gasteiger partial charge in [0, 0.05) is 6.54 Å². The molecule has 0 N–H and O–H groups in total. The quantitative estimate of drug-likeness (QED) is 0.689. The number of hydrogen-bond donors (Lipinski definition) is 0. The molecule has 0 saturated carbocycles. The first-order valence-electron chi connectivity index (χ1n) is 9.62. The summed E-state index contributed by atoms with van der Waals surface area (Å²) in [5.74, 6) is -0.241. The Bertz CT molecular complexity index is 669. The second kappa shape index (κ2) is 7.05. The summed E-state index contributed by atoms with van der Waals surface area (Å²) in [6, 6.07) is 9.88. The number of rotatable bonds is 6. The topological polar surface area (TPSA) is 46.6 Å². The number of hydrogen-bond acceptors (Lipinski definition) is 3. The van der Waals surface area contributed by atoms with Gasteiger partial charge in [0.2, 0.25) is 5.91 Å². The maximum absolute atomic E-state index is 13.3. The van der Waals surface area contributed by atoms with E-state index >= 15 is 0 Å². The van der Waals surface area contributed by atoms with E-state index < -0.39 is 16.4 Å². The highest BCUT2D eigenvalue weighted by atomic mass is 16.6. The van der Waals surface area contributed by atoms with Crippen molar-refractivity contribution in [3.05, 3.63) is 35.9 Å². The third-order valence-corrected chi connectivity index (χ3v) is 6.56. The molecule has 1 heterocycles. The van der Waals surface area contributed by atoms with Crippen molar-refractivity contribution in [3.8, 4) is 0 Å². The van der Waals surface area contributed by atoms with E-state index in [2.05, 4.69) is 0 Å². The highest BCUT2D eigenvalue weighted by molar-refractivity contribution is 5.95. The lowest BCUT2D eigenvalue weighted by molar-refractivity contribution is -0.175. The van der Waals surface area contributed by atoms with Crippen LogP contribution in [-0.4, -0.2) is 28.9 Å². The molecular weight excluding hydrogens is 326 g/mol. The van der Waals surface area contributed by atoms with Crippen LogP contribution in [0.1, 0.15) is 72.9 Å². The van der Waals surface area contributed by atoms with E-state index in [0.717, 1.165) is 12.0 Å². The minimum Gasteiger partial charge on any atom is -0.459 e. The van der Waals surface area contributed by atoms with Crippen LogP contribution >= 0.6 is 0 Å². The Morgan fingerprint density at radius 1 is 1.23 bits per heavy atom. The molecule has 4 nitrogen and oxygen atoms in total. The SMILES string of the molecule is CCC(C)(C)OC(=O)[C@]1(C)CN(C(C)c2ccccc2)C(=O)C1(C)CC. The first-order valence-corrected chi connectivity index (χ1v) is 9.62. The fourth-order valence-electron chi connectivity index (χ4n) is 3.63. The Balaban J connectivity index is 2.38. The summed E-state index contributed by atoms with van der Waals surface area (Å²) in [7, 11) is 0.